The normalized spacial score (nSPS) is 10.5. The first-order valence-electron chi connectivity index (χ1n) is 5.05. The highest BCUT2D eigenvalue weighted by atomic mass is 16.4. The van der Waals surface area contributed by atoms with Crippen LogP contribution in [0.3, 0.4) is 0 Å². The van der Waals surface area contributed by atoms with Gasteiger partial charge in [-0.15, -0.1) is 0 Å². The van der Waals surface area contributed by atoms with E-state index < -0.39 is 11.4 Å². The molecule has 0 bridgehead atoms. The number of carbonyl (C=O) groups is 1. The van der Waals surface area contributed by atoms with E-state index in [2.05, 4.69) is 4.98 Å². The minimum atomic E-state index is -1.47. The van der Waals surface area contributed by atoms with Gasteiger partial charge in [-0.2, -0.15) is 0 Å². The molecule has 2 aromatic rings. The first-order valence-corrected chi connectivity index (χ1v) is 5.05. The van der Waals surface area contributed by atoms with E-state index in [0.29, 0.717) is 10.9 Å². The third-order valence-electron chi connectivity index (χ3n) is 2.60. The largest absolute Gasteiger partial charge is 0.545 e. The van der Waals surface area contributed by atoms with Gasteiger partial charge >= 0.3 is 0 Å². The van der Waals surface area contributed by atoms with Crippen molar-refractivity contribution in [2.24, 2.45) is 0 Å². The number of aromatic nitrogens is 1. The summed E-state index contributed by atoms with van der Waals surface area (Å²) in [6, 6.07) is 5.24. The minimum absolute atomic E-state index is 0.345. The molecule has 0 aliphatic heterocycles. The number of aromatic amines is 1. The van der Waals surface area contributed by atoms with E-state index in [9.17, 15) is 14.7 Å². The maximum atomic E-state index is 11.9. The van der Waals surface area contributed by atoms with Gasteiger partial charge in [-0.25, -0.2) is 0 Å². The lowest BCUT2D eigenvalue weighted by Crippen LogP contribution is -2.29. The summed E-state index contributed by atoms with van der Waals surface area (Å²) in [5, 5.41) is 11.1. The van der Waals surface area contributed by atoms with Crippen molar-refractivity contribution in [3.05, 3.63) is 40.2 Å². The number of hydrogen-bond acceptors (Lipinski definition) is 4. The van der Waals surface area contributed by atoms with Crippen LogP contribution in [0.15, 0.2) is 29.2 Å². The number of carboxylic acids is 1. The number of aromatic carboxylic acids is 1. The molecule has 0 spiro atoms. The molecule has 0 amide bonds. The quantitative estimate of drug-likeness (QED) is 0.786. The fourth-order valence-corrected chi connectivity index (χ4v) is 1.64. The zero-order valence-corrected chi connectivity index (χ0v) is 9.48. The SMILES string of the molecule is CN(C)c1ccc2[nH]cc(C(=O)[O-])c(=O)c2c1. The highest BCUT2D eigenvalue weighted by Crippen LogP contribution is 2.16. The topological polar surface area (TPSA) is 76.2 Å². The first-order chi connectivity index (χ1) is 8.00. The van der Waals surface area contributed by atoms with E-state index in [0.717, 1.165) is 11.9 Å². The van der Waals surface area contributed by atoms with Crippen LogP contribution in [0, 0.1) is 0 Å². The number of rotatable bonds is 2. The highest BCUT2D eigenvalue weighted by molar-refractivity contribution is 5.92. The minimum Gasteiger partial charge on any atom is -0.545 e. The number of fused-ring (bicyclic) bond motifs is 1. The Kier molecular flexibility index (Phi) is 2.59. The van der Waals surface area contributed by atoms with Crippen LogP contribution in [0.4, 0.5) is 5.69 Å². The summed E-state index contributed by atoms with van der Waals surface area (Å²) in [5.41, 5.74) is 0.556. The van der Waals surface area contributed by atoms with Crippen molar-refractivity contribution < 1.29 is 9.90 Å². The van der Waals surface area contributed by atoms with Gasteiger partial charge in [0.2, 0.25) is 0 Å². The van der Waals surface area contributed by atoms with Crippen LogP contribution >= 0.6 is 0 Å². The Morgan fingerprint density at radius 2 is 2.06 bits per heavy atom. The molecule has 0 saturated heterocycles. The number of nitrogens with zero attached hydrogens (tertiary/aromatic N) is 1. The standard InChI is InChI=1S/C12H12N2O3/c1-14(2)7-3-4-10-8(5-7)11(15)9(6-13-10)12(16)17/h3-6H,1-2H3,(H,13,15)(H,16,17)/p-1. The Morgan fingerprint density at radius 1 is 1.35 bits per heavy atom. The summed E-state index contributed by atoms with van der Waals surface area (Å²) in [4.78, 5) is 27.2. The molecule has 0 aliphatic rings. The van der Waals surface area contributed by atoms with Crippen molar-refractivity contribution in [3.63, 3.8) is 0 Å². The third-order valence-corrected chi connectivity index (χ3v) is 2.60. The van der Waals surface area contributed by atoms with Crippen molar-refractivity contribution in [1.82, 2.24) is 4.98 Å². The van der Waals surface area contributed by atoms with Crippen molar-refractivity contribution in [3.8, 4) is 0 Å². The maximum Gasteiger partial charge on any atom is 0.198 e. The van der Waals surface area contributed by atoms with E-state index in [-0.39, 0.29) is 5.56 Å². The van der Waals surface area contributed by atoms with Crippen LogP contribution in [0.2, 0.25) is 0 Å². The van der Waals surface area contributed by atoms with Crippen molar-refractivity contribution in [2.75, 3.05) is 19.0 Å². The molecule has 5 nitrogen and oxygen atoms in total. The Bertz CT molecular complexity index is 644. The number of pyridine rings is 1. The molecule has 0 unspecified atom stereocenters. The molecule has 5 heteroatoms. The smallest absolute Gasteiger partial charge is 0.198 e. The van der Waals surface area contributed by atoms with Crippen LogP contribution in [-0.2, 0) is 0 Å². The van der Waals surface area contributed by atoms with Gasteiger partial charge < -0.3 is 19.8 Å². The fourth-order valence-electron chi connectivity index (χ4n) is 1.64. The molecule has 1 aromatic heterocycles. The number of H-pyrrole nitrogens is 1. The first kappa shape index (κ1) is 11.2. The van der Waals surface area contributed by atoms with Crippen LogP contribution in [0.1, 0.15) is 10.4 Å². The number of anilines is 1. The summed E-state index contributed by atoms with van der Waals surface area (Å²) in [6.07, 6.45) is 1.16. The highest BCUT2D eigenvalue weighted by Gasteiger charge is 2.07. The Hall–Kier alpha value is -2.30. The molecule has 88 valence electrons. The van der Waals surface area contributed by atoms with Gasteiger partial charge in [0, 0.05) is 36.9 Å². The van der Waals surface area contributed by atoms with Gasteiger partial charge in [-0.05, 0) is 18.2 Å². The molecule has 2 rings (SSSR count). The summed E-state index contributed by atoms with van der Waals surface area (Å²) < 4.78 is 0. The molecule has 0 saturated carbocycles. The van der Waals surface area contributed by atoms with Crippen LogP contribution in [-0.4, -0.2) is 25.0 Å². The molecule has 0 atom stereocenters. The van der Waals surface area contributed by atoms with Gasteiger partial charge in [0.25, 0.3) is 0 Å². The lowest BCUT2D eigenvalue weighted by atomic mass is 10.1. The van der Waals surface area contributed by atoms with Gasteiger partial charge in [0.05, 0.1) is 11.5 Å². The van der Waals surface area contributed by atoms with Crippen LogP contribution < -0.4 is 15.4 Å². The average molecular weight is 231 g/mol. The van der Waals surface area contributed by atoms with Crippen molar-refractivity contribution >= 4 is 22.6 Å². The van der Waals surface area contributed by atoms with Crippen molar-refractivity contribution in [1.29, 1.82) is 0 Å². The molecule has 1 N–H and O–H groups in total. The Morgan fingerprint density at radius 3 is 2.65 bits per heavy atom. The van der Waals surface area contributed by atoms with E-state index in [1.54, 1.807) is 12.1 Å². The van der Waals surface area contributed by atoms with E-state index in [1.807, 2.05) is 25.1 Å². The lowest BCUT2D eigenvalue weighted by Gasteiger charge is -2.13. The average Bonchev–Trinajstić information content (AvgIpc) is 2.28. The number of benzene rings is 1. The predicted octanol–water partition coefficient (Wildman–Crippen LogP) is -0.0424. The third kappa shape index (κ3) is 1.87. The Balaban J connectivity index is 2.78. The second-order valence-electron chi connectivity index (χ2n) is 3.94. The van der Waals surface area contributed by atoms with Crippen LogP contribution in [0.5, 0.6) is 0 Å². The van der Waals surface area contributed by atoms with Gasteiger partial charge in [-0.3, -0.25) is 4.79 Å². The second kappa shape index (κ2) is 3.93. The number of nitrogens with one attached hydrogen (secondary N) is 1. The van der Waals surface area contributed by atoms with Gasteiger partial charge in [0.1, 0.15) is 0 Å². The van der Waals surface area contributed by atoms with Crippen LogP contribution in [0.25, 0.3) is 10.9 Å². The summed E-state index contributed by atoms with van der Waals surface area (Å²) in [7, 11) is 3.69. The zero-order chi connectivity index (χ0) is 12.6. The van der Waals surface area contributed by atoms with Gasteiger partial charge in [-0.1, -0.05) is 0 Å². The molecule has 0 radical (unpaired) electrons. The fraction of sp³-hybridized carbons (Fsp3) is 0.167. The summed E-state index contributed by atoms with van der Waals surface area (Å²) in [5.74, 6) is -1.47. The number of hydrogen-bond donors (Lipinski definition) is 1. The summed E-state index contributed by atoms with van der Waals surface area (Å²) in [6.45, 7) is 0. The van der Waals surface area contributed by atoms with E-state index >= 15 is 0 Å². The maximum absolute atomic E-state index is 11.9. The number of carbonyl (C=O) groups excluding carboxylic acids is 1. The zero-order valence-electron chi connectivity index (χ0n) is 9.48. The molecular formula is C12H11N2O3-. The van der Waals surface area contributed by atoms with Gasteiger partial charge in [0.15, 0.2) is 5.43 Å². The predicted molar refractivity (Wildman–Crippen MR) is 63.2 cm³/mol. The number of carboxylic acid groups (broad SMARTS) is 1. The molecule has 1 aromatic carbocycles. The second-order valence-corrected chi connectivity index (χ2v) is 3.94. The van der Waals surface area contributed by atoms with E-state index in [1.165, 1.54) is 0 Å². The molecular weight excluding hydrogens is 220 g/mol. The molecule has 0 fully saturated rings. The van der Waals surface area contributed by atoms with Crippen molar-refractivity contribution in [2.45, 2.75) is 0 Å². The lowest BCUT2D eigenvalue weighted by molar-refractivity contribution is -0.255. The monoisotopic (exact) mass is 231 g/mol. The van der Waals surface area contributed by atoms with E-state index in [4.69, 9.17) is 0 Å². The Labute approximate surface area is 97.3 Å². The molecule has 1 heterocycles. The molecule has 0 aliphatic carbocycles. The summed E-state index contributed by atoms with van der Waals surface area (Å²) >= 11 is 0. The molecule has 17 heavy (non-hydrogen) atoms.